The summed E-state index contributed by atoms with van der Waals surface area (Å²) < 4.78 is 5.25. The van der Waals surface area contributed by atoms with Gasteiger partial charge in [-0.05, 0) is 36.7 Å². The van der Waals surface area contributed by atoms with Gasteiger partial charge in [-0.25, -0.2) is 0 Å². The zero-order valence-corrected chi connectivity index (χ0v) is 15.0. The first-order chi connectivity index (χ1) is 13.4. The Bertz CT molecular complexity index is 767. The molecule has 0 aliphatic carbocycles. The topological polar surface area (TPSA) is 127 Å². The van der Waals surface area contributed by atoms with E-state index in [0.29, 0.717) is 12.0 Å². The Morgan fingerprint density at radius 1 is 1.07 bits per heavy atom. The van der Waals surface area contributed by atoms with E-state index >= 15 is 0 Å². The quantitative estimate of drug-likeness (QED) is 0.457. The van der Waals surface area contributed by atoms with E-state index in [1.54, 1.807) is 24.3 Å². The van der Waals surface area contributed by atoms with Gasteiger partial charge in [-0.15, -0.1) is 0 Å². The van der Waals surface area contributed by atoms with Gasteiger partial charge in [0.2, 0.25) is 12.7 Å². The second kappa shape index (κ2) is 15.2. The van der Waals surface area contributed by atoms with E-state index in [4.69, 9.17) is 11.5 Å². The molecule has 0 fully saturated rings. The Morgan fingerprint density at radius 2 is 1.63 bits per heavy atom. The average molecular weight is 389 g/mol. The first-order valence-corrected chi connectivity index (χ1v) is 7.58. The summed E-state index contributed by atoms with van der Waals surface area (Å²) in [6.07, 6.45) is 2.51. The molecule has 2 rings (SSSR count). The number of phenolic OH excluding ortho intramolecular Hbond substituents is 2. The molecule has 8 nitrogen and oxygen atoms in total. The van der Waals surface area contributed by atoms with E-state index in [9.17, 15) is 20.2 Å². The number of hydrogen-bond donors (Lipinski definition) is 2. The Labute approximate surface area is 165 Å². The molecule has 27 heavy (non-hydrogen) atoms. The van der Waals surface area contributed by atoms with Crippen molar-refractivity contribution in [3.8, 4) is 11.5 Å². The van der Waals surface area contributed by atoms with Gasteiger partial charge in [-0.3, -0.25) is 20.2 Å². The number of aromatic hydroxyl groups is 2. The van der Waals surface area contributed by atoms with Crippen LogP contribution >= 0.6 is 12.1 Å². The van der Waals surface area contributed by atoms with Crippen molar-refractivity contribution in [1.82, 2.24) is 0 Å². The molecule has 139 valence electrons. The zero-order chi connectivity index (χ0) is 21.9. The maximum absolute atomic E-state index is 10.0. The third kappa shape index (κ3) is 13.9. The van der Waals surface area contributed by atoms with Crippen LogP contribution in [-0.2, 0) is 6.42 Å². The van der Waals surface area contributed by atoms with Gasteiger partial charge in [0, 0.05) is 25.8 Å². The molecule has 0 aliphatic heterocycles. The van der Waals surface area contributed by atoms with Gasteiger partial charge in [-0.1, -0.05) is 24.3 Å². The van der Waals surface area contributed by atoms with Crippen LogP contribution in [0, 0.1) is 20.2 Å². The van der Waals surface area contributed by atoms with E-state index < -0.39 is 4.92 Å². The molecule has 3 radical (unpaired) electrons. The molecule has 0 bridgehead atoms. The molecular formula is C16H17B2N2O6S. The monoisotopic (exact) mass is 389 g/mol. The summed E-state index contributed by atoms with van der Waals surface area (Å²) in [4.78, 5) is 19.0. The predicted molar refractivity (Wildman–Crippen MR) is 108 cm³/mol. The molecule has 11 heteroatoms. The number of phenols is 2. The van der Waals surface area contributed by atoms with Crippen LogP contribution in [-0.4, -0.2) is 43.0 Å². The van der Waals surface area contributed by atoms with Crippen molar-refractivity contribution < 1.29 is 20.1 Å². The van der Waals surface area contributed by atoms with Crippen molar-refractivity contribution in [2.45, 2.75) is 6.42 Å². The van der Waals surface area contributed by atoms with Crippen molar-refractivity contribution >= 4 is 33.2 Å². The molecule has 0 aliphatic rings. The van der Waals surface area contributed by atoms with Crippen molar-refractivity contribution in [3.05, 3.63) is 86.1 Å². The van der Waals surface area contributed by atoms with Gasteiger partial charge >= 0.3 is 18.8 Å². The fraction of sp³-hybridized carbons (Fsp3) is 0.125. The molecule has 2 aromatic rings. The average Bonchev–Trinajstić information content (AvgIpc) is 2.69. The third-order valence-corrected chi connectivity index (χ3v) is 2.75. The number of rotatable bonds is 5. The molecule has 0 saturated heterocycles. The van der Waals surface area contributed by atoms with Gasteiger partial charge < -0.3 is 10.2 Å². The molecule has 0 saturated carbocycles. The Hall–Kier alpha value is -3.07. The third-order valence-electron chi connectivity index (χ3n) is 2.75. The molecule has 0 amide bonds. The minimum atomic E-state index is -0.552. The van der Waals surface area contributed by atoms with E-state index in [1.807, 2.05) is 0 Å². The fourth-order valence-electron chi connectivity index (χ4n) is 1.71. The first-order valence-electron chi connectivity index (χ1n) is 7.68. The fourth-order valence-corrected chi connectivity index (χ4v) is 1.71. The van der Waals surface area contributed by atoms with Crippen LogP contribution < -0.4 is 0 Å². The summed E-state index contributed by atoms with van der Waals surface area (Å²) in [5.74, 6) is 0.247. The molecule has 0 spiro atoms. The van der Waals surface area contributed by atoms with E-state index in [0.717, 1.165) is 11.8 Å². The van der Waals surface area contributed by atoms with Crippen LogP contribution in [0.1, 0.15) is 11.1 Å². The van der Waals surface area contributed by atoms with Gasteiger partial charge in [0.25, 0.3) is 0 Å². The Kier molecular flexibility index (Phi) is 13.5. The van der Waals surface area contributed by atoms with Crippen molar-refractivity contribution in [2.75, 3.05) is 6.54 Å². The molecule has 2 N–H and O–H groups in total. The van der Waals surface area contributed by atoms with E-state index in [-0.39, 0.29) is 23.0 Å². The summed E-state index contributed by atoms with van der Waals surface area (Å²) in [7, 11) is 3.75. The summed E-state index contributed by atoms with van der Waals surface area (Å²) in [5, 5.41) is 37.9. The molecular weight excluding hydrogens is 370 g/mol. The number of nitro groups is 2. The molecule has 0 heterocycles. The zero-order valence-electron chi connectivity index (χ0n) is 15.2. The van der Waals surface area contributed by atoms with Crippen LogP contribution in [0.2, 0.25) is 0 Å². The van der Waals surface area contributed by atoms with Gasteiger partial charge in [-0.2, -0.15) is 0 Å². The van der Waals surface area contributed by atoms with Crippen LogP contribution in [0.25, 0.3) is 6.08 Å². The number of hydrogen-bond acceptors (Lipinski definition) is 7. The maximum atomic E-state index is 10.0. The Morgan fingerprint density at radius 3 is 2.11 bits per heavy atom. The molecule has 0 unspecified atom stereocenters. The normalized spacial score (nSPS) is 9.22. The number of benzene rings is 2. The first kappa shape index (κ1) is 23.9. The van der Waals surface area contributed by atoms with Crippen LogP contribution in [0.3, 0.4) is 0 Å². The number of nitrogens with zero attached hydrogens (tertiary/aromatic N) is 2. The van der Waals surface area contributed by atoms with Gasteiger partial charge in [0.1, 0.15) is 11.5 Å². The van der Waals surface area contributed by atoms with Crippen LogP contribution in [0.4, 0.5) is 0 Å². The van der Waals surface area contributed by atoms with E-state index in [1.165, 1.54) is 30.3 Å². The van der Waals surface area contributed by atoms with E-state index in [2.05, 4.69) is 27.2 Å². The van der Waals surface area contributed by atoms with Crippen molar-refractivity contribution in [2.24, 2.45) is 0 Å². The van der Waals surface area contributed by atoms with Crippen molar-refractivity contribution in [1.29, 1.82) is 1.34 Å². The predicted octanol–water partition coefficient (Wildman–Crippen LogP) is 2.47. The summed E-state index contributed by atoms with van der Waals surface area (Å²) in [6.45, 7) is 3.99. The van der Waals surface area contributed by atoms with Gasteiger partial charge in [0.15, 0.2) is 0 Å². The minimum absolute atomic E-state index is 0.0938. The Balaban J connectivity index is 0. The summed E-state index contributed by atoms with van der Waals surface area (Å²) in [5.41, 5.74) is 1.39. The summed E-state index contributed by atoms with van der Waals surface area (Å²) >= 11 is 3.58. The SMILES string of the molecule is O=[N+]([O-])/C=C/c1cccc(O)c1.O=[N+]([O-])CCc1cccc(O)c1.[3H][B].[B]=S. The molecule has 2 aromatic carbocycles. The second-order valence-electron chi connectivity index (χ2n) is 4.67. The molecule has 0 atom stereocenters. The van der Waals surface area contributed by atoms with Crippen LogP contribution in [0.5, 0.6) is 11.5 Å². The molecule has 0 aromatic heterocycles. The summed E-state index contributed by atoms with van der Waals surface area (Å²) in [6, 6.07) is 12.7. The van der Waals surface area contributed by atoms with Crippen molar-refractivity contribution in [3.63, 3.8) is 0 Å². The standard InChI is InChI=1S/C8H9NO3.C8H7NO3.BS.BH/c2*10-8-3-1-2-7(6-8)4-5-9(11)12;1-2;/h1-3,6,10H,4-5H2;1-6,10H;;1H/b;5-4+;;/i;;;1T. The van der Waals surface area contributed by atoms with Gasteiger partial charge in [0.05, 0.1) is 4.92 Å². The van der Waals surface area contributed by atoms with Crippen LogP contribution in [0.15, 0.2) is 54.7 Å². The second-order valence-corrected chi connectivity index (χ2v) is 4.67.